The lowest BCUT2D eigenvalue weighted by atomic mass is 9.97. The fourth-order valence-corrected chi connectivity index (χ4v) is 2.55. The minimum absolute atomic E-state index is 0.456. The predicted molar refractivity (Wildman–Crippen MR) is 79.8 cm³/mol. The Kier molecular flexibility index (Phi) is 5.23. The third-order valence-corrected chi connectivity index (χ3v) is 3.69. The number of ether oxygens (including phenoxy) is 1. The molecule has 2 rings (SSSR count). The molecule has 106 valence electrons. The highest BCUT2D eigenvalue weighted by Crippen LogP contribution is 2.32. The molecule has 3 nitrogen and oxygen atoms in total. The number of nitrogens with one attached hydrogen (secondary N) is 1. The van der Waals surface area contributed by atoms with E-state index in [0.717, 1.165) is 38.3 Å². The maximum atomic E-state index is 5.75. The van der Waals surface area contributed by atoms with Crippen molar-refractivity contribution in [1.82, 2.24) is 10.2 Å². The van der Waals surface area contributed by atoms with E-state index in [9.17, 15) is 0 Å². The van der Waals surface area contributed by atoms with E-state index in [-0.39, 0.29) is 0 Å². The summed E-state index contributed by atoms with van der Waals surface area (Å²) in [5.41, 5.74) is 2.74. The summed E-state index contributed by atoms with van der Waals surface area (Å²) in [5, 5.41) is 3.68. The van der Waals surface area contributed by atoms with Crippen LogP contribution in [0.5, 0.6) is 5.75 Å². The van der Waals surface area contributed by atoms with Gasteiger partial charge < -0.3 is 15.0 Å². The van der Waals surface area contributed by atoms with Crippen molar-refractivity contribution in [2.75, 3.05) is 33.8 Å². The molecule has 1 aliphatic heterocycles. The third-order valence-electron chi connectivity index (χ3n) is 3.69. The highest BCUT2D eigenvalue weighted by atomic mass is 16.5. The average Bonchev–Trinajstić information content (AvgIpc) is 2.43. The van der Waals surface area contributed by atoms with Crippen molar-refractivity contribution in [3.63, 3.8) is 0 Å². The SMILES string of the molecule is CCc1ccc2c(c1)C(NCCCN(C)C)CCO2. The van der Waals surface area contributed by atoms with Crippen LogP contribution in [0.1, 0.15) is 36.9 Å². The summed E-state index contributed by atoms with van der Waals surface area (Å²) in [6.45, 7) is 5.23. The van der Waals surface area contributed by atoms with E-state index in [1.807, 2.05) is 0 Å². The van der Waals surface area contributed by atoms with Crippen molar-refractivity contribution < 1.29 is 4.74 Å². The Bertz CT molecular complexity index is 404. The molecule has 0 aliphatic carbocycles. The normalized spacial score (nSPS) is 18.2. The van der Waals surface area contributed by atoms with Crippen molar-refractivity contribution in [3.05, 3.63) is 29.3 Å². The minimum atomic E-state index is 0.456. The molecule has 19 heavy (non-hydrogen) atoms. The largest absolute Gasteiger partial charge is 0.493 e. The quantitative estimate of drug-likeness (QED) is 0.798. The van der Waals surface area contributed by atoms with Gasteiger partial charge in [-0.25, -0.2) is 0 Å². The Morgan fingerprint density at radius 2 is 2.21 bits per heavy atom. The van der Waals surface area contributed by atoms with Crippen molar-refractivity contribution in [2.24, 2.45) is 0 Å². The topological polar surface area (TPSA) is 24.5 Å². The van der Waals surface area contributed by atoms with Crippen LogP contribution in [-0.4, -0.2) is 38.7 Å². The van der Waals surface area contributed by atoms with E-state index in [2.05, 4.69) is 49.4 Å². The zero-order chi connectivity index (χ0) is 13.7. The predicted octanol–water partition coefficient (Wildman–Crippen LogP) is 2.61. The number of fused-ring (bicyclic) bond motifs is 1. The van der Waals surface area contributed by atoms with Gasteiger partial charge >= 0.3 is 0 Å². The van der Waals surface area contributed by atoms with Crippen LogP contribution in [0.3, 0.4) is 0 Å². The Balaban J connectivity index is 1.96. The van der Waals surface area contributed by atoms with E-state index in [1.54, 1.807) is 0 Å². The van der Waals surface area contributed by atoms with Gasteiger partial charge in [-0.1, -0.05) is 19.1 Å². The van der Waals surface area contributed by atoms with E-state index in [1.165, 1.54) is 17.5 Å². The van der Waals surface area contributed by atoms with Crippen molar-refractivity contribution >= 4 is 0 Å². The molecule has 1 heterocycles. The van der Waals surface area contributed by atoms with Gasteiger partial charge in [-0.3, -0.25) is 0 Å². The van der Waals surface area contributed by atoms with Crippen molar-refractivity contribution in [1.29, 1.82) is 0 Å². The fourth-order valence-electron chi connectivity index (χ4n) is 2.55. The molecule has 0 aromatic heterocycles. The smallest absolute Gasteiger partial charge is 0.124 e. The first kappa shape index (κ1) is 14.4. The van der Waals surface area contributed by atoms with E-state index < -0.39 is 0 Å². The van der Waals surface area contributed by atoms with Crippen LogP contribution in [0.4, 0.5) is 0 Å². The van der Waals surface area contributed by atoms with Gasteiger partial charge in [0.25, 0.3) is 0 Å². The summed E-state index contributed by atoms with van der Waals surface area (Å²) in [5.74, 6) is 1.06. The van der Waals surface area contributed by atoms with Gasteiger partial charge in [-0.05, 0) is 51.7 Å². The minimum Gasteiger partial charge on any atom is -0.493 e. The first-order valence-corrected chi connectivity index (χ1v) is 7.34. The molecule has 0 fully saturated rings. The molecule has 0 saturated carbocycles. The number of rotatable bonds is 6. The Morgan fingerprint density at radius 1 is 1.37 bits per heavy atom. The summed E-state index contributed by atoms with van der Waals surface area (Å²) in [6.07, 6.45) is 3.34. The molecular weight excluding hydrogens is 236 g/mol. The molecule has 0 radical (unpaired) electrons. The Hall–Kier alpha value is -1.06. The lowest BCUT2D eigenvalue weighted by Crippen LogP contribution is -2.29. The molecule has 3 heteroatoms. The maximum Gasteiger partial charge on any atom is 0.124 e. The molecule has 1 aliphatic rings. The molecule has 1 unspecified atom stereocenters. The number of hydrogen-bond acceptors (Lipinski definition) is 3. The second kappa shape index (κ2) is 6.92. The first-order chi connectivity index (χ1) is 9.20. The molecule has 0 bridgehead atoms. The van der Waals surface area contributed by atoms with Crippen LogP contribution in [0, 0.1) is 0 Å². The van der Waals surface area contributed by atoms with Gasteiger partial charge in [0.05, 0.1) is 6.61 Å². The van der Waals surface area contributed by atoms with Gasteiger partial charge in [0.1, 0.15) is 5.75 Å². The average molecular weight is 262 g/mol. The summed E-state index contributed by atoms with van der Waals surface area (Å²) in [7, 11) is 4.24. The van der Waals surface area contributed by atoms with Crippen LogP contribution in [0.15, 0.2) is 18.2 Å². The molecular formula is C16H26N2O. The summed E-state index contributed by atoms with van der Waals surface area (Å²) < 4.78 is 5.75. The number of hydrogen-bond donors (Lipinski definition) is 1. The van der Waals surface area contributed by atoms with E-state index >= 15 is 0 Å². The second-order valence-corrected chi connectivity index (χ2v) is 5.53. The van der Waals surface area contributed by atoms with Crippen LogP contribution >= 0.6 is 0 Å². The van der Waals surface area contributed by atoms with Crippen LogP contribution < -0.4 is 10.1 Å². The monoisotopic (exact) mass is 262 g/mol. The van der Waals surface area contributed by atoms with Crippen molar-refractivity contribution in [3.8, 4) is 5.75 Å². The van der Waals surface area contributed by atoms with Gasteiger partial charge in [-0.15, -0.1) is 0 Å². The lowest BCUT2D eigenvalue weighted by molar-refractivity contribution is 0.251. The highest BCUT2D eigenvalue weighted by molar-refractivity contribution is 5.40. The van der Waals surface area contributed by atoms with Crippen LogP contribution in [-0.2, 0) is 6.42 Å². The van der Waals surface area contributed by atoms with Crippen molar-refractivity contribution in [2.45, 2.75) is 32.2 Å². The molecule has 1 aromatic rings. The molecule has 0 amide bonds. The molecule has 0 spiro atoms. The number of nitrogens with zero attached hydrogens (tertiary/aromatic N) is 1. The highest BCUT2D eigenvalue weighted by Gasteiger charge is 2.20. The number of benzene rings is 1. The Morgan fingerprint density at radius 3 is 2.95 bits per heavy atom. The van der Waals surface area contributed by atoms with E-state index in [0.29, 0.717) is 6.04 Å². The molecule has 1 atom stereocenters. The molecule has 1 aromatic carbocycles. The molecule has 1 N–H and O–H groups in total. The van der Waals surface area contributed by atoms with Gasteiger partial charge in [0.15, 0.2) is 0 Å². The van der Waals surface area contributed by atoms with Gasteiger partial charge in [-0.2, -0.15) is 0 Å². The first-order valence-electron chi connectivity index (χ1n) is 7.34. The molecule has 0 saturated heterocycles. The second-order valence-electron chi connectivity index (χ2n) is 5.53. The van der Waals surface area contributed by atoms with Gasteiger partial charge in [0.2, 0.25) is 0 Å². The summed E-state index contributed by atoms with van der Waals surface area (Å²) in [4.78, 5) is 2.23. The standard InChI is InChI=1S/C16H26N2O/c1-4-13-6-7-16-14(12-13)15(8-11-19-16)17-9-5-10-18(2)3/h6-7,12,15,17H,4-5,8-11H2,1-3H3. The maximum absolute atomic E-state index is 5.75. The van der Waals surface area contributed by atoms with Crippen LogP contribution in [0.25, 0.3) is 0 Å². The van der Waals surface area contributed by atoms with Crippen LogP contribution in [0.2, 0.25) is 0 Å². The third kappa shape index (κ3) is 3.95. The zero-order valence-corrected chi connectivity index (χ0v) is 12.4. The van der Waals surface area contributed by atoms with Gasteiger partial charge in [0, 0.05) is 18.0 Å². The Labute approximate surface area is 116 Å². The summed E-state index contributed by atoms with van der Waals surface area (Å²) >= 11 is 0. The zero-order valence-electron chi connectivity index (χ0n) is 12.4. The fraction of sp³-hybridized carbons (Fsp3) is 0.625. The number of aryl methyl sites for hydroxylation is 1. The van der Waals surface area contributed by atoms with E-state index in [4.69, 9.17) is 4.74 Å². The lowest BCUT2D eigenvalue weighted by Gasteiger charge is -2.27. The summed E-state index contributed by atoms with van der Waals surface area (Å²) in [6, 6.07) is 7.06.